The van der Waals surface area contributed by atoms with Gasteiger partial charge in [0.15, 0.2) is 0 Å². The molecule has 0 bridgehead atoms. The number of nitrogens with one attached hydrogen (secondary N) is 2. The zero-order valence-electron chi connectivity index (χ0n) is 18.7. The van der Waals surface area contributed by atoms with Crippen molar-refractivity contribution in [1.82, 2.24) is 14.6 Å². The fourth-order valence-corrected chi connectivity index (χ4v) is 5.24. The lowest BCUT2D eigenvalue weighted by Crippen LogP contribution is -2.43. The second-order valence-electron chi connectivity index (χ2n) is 7.87. The summed E-state index contributed by atoms with van der Waals surface area (Å²) < 4.78 is 38.9. The summed E-state index contributed by atoms with van der Waals surface area (Å²) in [6.45, 7) is 3.69. The molecule has 2 aromatic carbocycles. The largest absolute Gasteiger partial charge is 0.497 e. The smallest absolute Gasteiger partial charge is 0.242 e. The van der Waals surface area contributed by atoms with Crippen molar-refractivity contribution in [2.24, 2.45) is 0 Å². The Labute approximate surface area is 189 Å². The molecule has 1 saturated heterocycles. The van der Waals surface area contributed by atoms with Gasteiger partial charge in [-0.2, -0.15) is 0 Å². The molecule has 9 heteroatoms. The number of aromatic amines is 1. The van der Waals surface area contributed by atoms with Crippen molar-refractivity contribution in [3.05, 3.63) is 48.2 Å². The molecule has 4 rings (SSSR count). The molecule has 0 spiro atoms. The molecule has 0 amide bonds. The number of nitrogens with zero attached hydrogens (tertiary/aromatic N) is 2. The lowest BCUT2D eigenvalue weighted by molar-refractivity contribution is 0.412. The van der Waals surface area contributed by atoms with Gasteiger partial charge < -0.3 is 24.7 Å². The van der Waals surface area contributed by atoms with Crippen LogP contribution >= 0.6 is 0 Å². The standard InChI is InChI=1S/C23H30N4O4S/c1-26(11-8-17-16-25-21-6-4-18(30-2)14-20(17)21)32(28,29)19-5-7-23(31-3)22(15-19)27-12-9-24-10-13-27/h4-7,14-16,24-25H,8-13H2,1-3H3. The van der Waals surface area contributed by atoms with E-state index in [-0.39, 0.29) is 4.90 Å². The third-order valence-electron chi connectivity index (χ3n) is 5.99. The minimum absolute atomic E-state index is 0.273. The van der Waals surface area contributed by atoms with Gasteiger partial charge in [0.1, 0.15) is 11.5 Å². The number of anilines is 1. The summed E-state index contributed by atoms with van der Waals surface area (Å²) in [4.78, 5) is 5.68. The first-order valence-electron chi connectivity index (χ1n) is 10.7. The third kappa shape index (κ3) is 4.41. The minimum atomic E-state index is -3.64. The van der Waals surface area contributed by atoms with Crippen LogP contribution in [0.25, 0.3) is 10.9 Å². The molecule has 3 aromatic rings. The molecule has 172 valence electrons. The van der Waals surface area contributed by atoms with Crippen molar-refractivity contribution in [2.45, 2.75) is 11.3 Å². The first kappa shape index (κ1) is 22.4. The highest BCUT2D eigenvalue weighted by molar-refractivity contribution is 7.89. The molecular formula is C23H30N4O4S. The maximum atomic E-state index is 13.3. The highest BCUT2D eigenvalue weighted by Crippen LogP contribution is 2.32. The second kappa shape index (κ2) is 9.40. The molecule has 2 heterocycles. The highest BCUT2D eigenvalue weighted by Gasteiger charge is 2.24. The number of hydrogen-bond acceptors (Lipinski definition) is 6. The number of H-pyrrole nitrogens is 1. The quantitative estimate of drug-likeness (QED) is 0.539. The van der Waals surface area contributed by atoms with Crippen molar-refractivity contribution < 1.29 is 17.9 Å². The number of methoxy groups -OCH3 is 2. The zero-order valence-corrected chi connectivity index (χ0v) is 19.5. The predicted molar refractivity (Wildman–Crippen MR) is 126 cm³/mol. The minimum Gasteiger partial charge on any atom is -0.497 e. The number of sulfonamides is 1. The predicted octanol–water partition coefficient (Wildman–Crippen LogP) is 2.46. The zero-order chi connectivity index (χ0) is 22.7. The molecule has 0 saturated carbocycles. The molecule has 0 unspecified atom stereocenters. The summed E-state index contributed by atoms with van der Waals surface area (Å²) in [5.74, 6) is 1.46. The van der Waals surface area contributed by atoms with Crippen molar-refractivity contribution in [3.8, 4) is 11.5 Å². The Balaban J connectivity index is 1.54. The summed E-state index contributed by atoms with van der Waals surface area (Å²) in [6, 6.07) is 10.9. The fraction of sp³-hybridized carbons (Fsp3) is 0.391. The summed E-state index contributed by atoms with van der Waals surface area (Å²) in [7, 11) is 1.23. The maximum Gasteiger partial charge on any atom is 0.242 e. The van der Waals surface area contributed by atoms with Crippen LogP contribution in [-0.2, 0) is 16.4 Å². The Morgan fingerprint density at radius 2 is 1.84 bits per heavy atom. The third-order valence-corrected chi connectivity index (χ3v) is 7.84. The Morgan fingerprint density at radius 3 is 2.56 bits per heavy atom. The number of benzene rings is 2. The van der Waals surface area contributed by atoms with Gasteiger partial charge in [0.2, 0.25) is 10.0 Å². The van der Waals surface area contributed by atoms with Crippen LogP contribution in [0.1, 0.15) is 5.56 Å². The van der Waals surface area contributed by atoms with Gasteiger partial charge in [0.25, 0.3) is 0 Å². The molecule has 1 fully saturated rings. The molecule has 0 radical (unpaired) electrons. The van der Waals surface area contributed by atoms with Crippen LogP contribution in [0.15, 0.2) is 47.5 Å². The molecule has 32 heavy (non-hydrogen) atoms. The summed E-state index contributed by atoms with van der Waals surface area (Å²) in [5.41, 5.74) is 2.87. The van der Waals surface area contributed by atoms with Crippen LogP contribution in [0, 0.1) is 0 Å². The van der Waals surface area contributed by atoms with Crippen LogP contribution in [0.2, 0.25) is 0 Å². The second-order valence-corrected chi connectivity index (χ2v) is 9.92. The van der Waals surface area contributed by atoms with Crippen LogP contribution < -0.4 is 19.7 Å². The first-order chi connectivity index (χ1) is 15.4. The number of ether oxygens (including phenoxy) is 2. The normalized spacial score (nSPS) is 14.8. The SMILES string of the molecule is COc1ccc2[nH]cc(CCN(C)S(=O)(=O)c3ccc(OC)c(N4CCNCC4)c3)c2c1. The van der Waals surface area contributed by atoms with E-state index >= 15 is 0 Å². The Morgan fingerprint density at radius 1 is 1.06 bits per heavy atom. The van der Waals surface area contributed by atoms with Gasteiger partial charge in [-0.3, -0.25) is 0 Å². The van der Waals surface area contributed by atoms with Crippen molar-refractivity contribution in [2.75, 3.05) is 58.9 Å². The van der Waals surface area contributed by atoms with E-state index in [1.807, 2.05) is 24.4 Å². The molecule has 1 aliphatic heterocycles. The molecule has 2 N–H and O–H groups in total. The van der Waals surface area contributed by atoms with Crippen molar-refractivity contribution >= 4 is 26.6 Å². The molecule has 1 aromatic heterocycles. The van der Waals surface area contributed by atoms with Crippen LogP contribution in [0.5, 0.6) is 11.5 Å². The molecule has 0 aliphatic carbocycles. The van der Waals surface area contributed by atoms with E-state index in [2.05, 4.69) is 15.2 Å². The van der Waals surface area contributed by atoms with Crippen LogP contribution in [0.3, 0.4) is 0 Å². The lowest BCUT2D eigenvalue weighted by Gasteiger charge is -2.31. The van der Waals surface area contributed by atoms with E-state index in [0.29, 0.717) is 18.7 Å². The van der Waals surface area contributed by atoms with Gasteiger partial charge in [-0.15, -0.1) is 0 Å². The van der Waals surface area contributed by atoms with E-state index in [4.69, 9.17) is 9.47 Å². The summed E-state index contributed by atoms with van der Waals surface area (Å²) in [6.07, 6.45) is 2.52. The van der Waals surface area contributed by atoms with Gasteiger partial charge in [0.05, 0.1) is 24.8 Å². The summed E-state index contributed by atoms with van der Waals surface area (Å²) in [5, 5.41) is 4.36. The number of rotatable bonds is 8. The monoisotopic (exact) mass is 458 g/mol. The number of piperazine rings is 1. The Kier molecular flexibility index (Phi) is 6.59. The number of fused-ring (bicyclic) bond motifs is 1. The maximum absolute atomic E-state index is 13.3. The van der Waals surface area contributed by atoms with E-state index in [1.165, 1.54) is 4.31 Å². The molecular weight excluding hydrogens is 428 g/mol. The van der Waals surface area contributed by atoms with E-state index in [1.54, 1.807) is 39.5 Å². The average Bonchev–Trinajstić information content (AvgIpc) is 3.24. The lowest BCUT2D eigenvalue weighted by atomic mass is 10.1. The van der Waals surface area contributed by atoms with Gasteiger partial charge in [-0.05, 0) is 48.4 Å². The van der Waals surface area contributed by atoms with E-state index in [9.17, 15) is 8.42 Å². The molecule has 8 nitrogen and oxygen atoms in total. The Bertz CT molecular complexity index is 1190. The van der Waals surface area contributed by atoms with Gasteiger partial charge in [0, 0.05) is 56.9 Å². The fourth-order valence-electron chi connectivity index (χ4n) is 4.05. The number of likely N-dealkylation sites (N-methyl/N-ethyl adjacent to an activating group) is 1. The van der Waals surface area contributed by atoms with Crippen molar-refractivity contribution in [1.29, 1.82) is 0 Å². The molecule has 0 atom stereocenters. The molecule has 1 aliphatic rings. The van der Waals surface area contributed by atoms with Gasteiger partial charge in [-0.1, -0.05) is 0 Å². The average molecular weight is 459 g/mol. The van der Waals surface area contributed by atoms with Crippen molar-refractivity contribution in [3.63, 3.8) is 0 Å². The van der Waals surface area contributed by atoms with E-state index < -0.39 is 10.0 Å². The number of aromatic nitrogens is 1. The topological polar surface area (TPSA) is 86.9 Å². The van der Waals surface area contributed by atoms with Crippen LogP contribution in [-0.4, -0.2) is 71.7 Å². The first-order valence-corrected chi connectivity index (χ1v) is 12.1. The van der Waals surface area contributed by atoms with Crippen LogP contribution in [0.4, 0.5) is 5.69 Å². The van der Waals surface area contributed by atoms with Gasteiger partial charge >= 0.3 is 0 Å². The van der Waals surface area contributed by atoms with E-state index in [0.717, 1.165) is 54.1 Å². The highest BCUT2D eigenvalue weighted by atomic mass is 32.2. The Hall–Kier alpha value is -2.75. The van der Waals surface area contributed by atoms with Gasteiger partial charge in [-0.25, -0.2) is 12.7 Å². The summed E-state index contributed by atoms with van der Waals surface area (Å²) >= 11 is 0. The number of hydrogen-bond donors (Lipinski definition) is 2.